The largest absolute Gasteiger partial charge is 0.497 e. The highest BCUT2D eigenvalue weighted by atomic mass is 16.6. The van der Waals surface area contributed by atoms with Crippen LogP contribution in [0.5, 0.6) is 5.75 Å². The van der Waals surface area contributed by atoms with Crippen molar-refractivity contribution in [2.45, 2.75) is 19.3 Å². The van der Waals surface area contributed by atoms with Crippen molar-refractivity contribution in [1.29, 1.82) is 0 Å². The third kappa shape index (κ3) is 4.88. The quantitative estimate of drug-likeness (QED) is 0.420. The van der Waals surface area contributed by atoms with Crippen LogP contribution in [0.4, 0.5) is 29.0 Å². The average Bonchev–Trinajstić information content (AvgIpc) is 2.80. The molecule has 1 aliphatic rings. The van der Waals surface area contributed by atoms with Crippen molar-refractivity contribution >= 4 is 29.0 Å². The van der Waals surface area contributed by atoms with Gasteiger partial charge in [-0.15, -0.1) is 0 Å². The van der Waals surface area contributed by atoms with Crippen LogP contribution in [-0.2, 0) is 6.42 Å². The Kier molecular flexibility index (Phi) is 6.34. The van der Waals surface area contributed by atoms with Crippen molar-refractivity contribution in [3.63, 3.8) is 0 Å². The molecule has 0 saturated carbocycles. The molecule has 0 radical (unpaired) electrons. The monoisotopic (exact) mass is 434 g/mol. The van der Waals surface area contributed by atoms with Gasteiger partial charge in [0.25, 0.3) is 0 Å². The van der Waals surface area contributed by atoms with Crippen LogP contribution >= 0.6 is 0 Å². The summed E-state index contributed by atoms with van der Waals surface area (Å²) in [5.74, 6) is 1.51. The molecule has 2 heterocycles. The summed E-state index contributed by atoms with van der Waals surface area (Å²) in [5, 5.41) is 14.8. The first-order valence-corrected chi connectivity index (χ1v) is 10.6. The lowest BCUT2D eigenvalue weighted by molar-refractivity contribution is -0.383. The van der Waals surface area contributed by atoms with E-state index >= 15 is 0 Å². The number of hydrogen-bond acceptors (Lipinski definition) is 8. The van der Waals surface area contributed by atoms with E-state index in [0.717, 1.165) is 19.3 Å². The van der Waals surface area contributed by atoms with E-state index in [4.69, 9.17) is 10.5 Å². The van der Waals surface area contributed by atoms with E-state index in [9.17, 15) is 10.1 Å². The molecule has 32 heavy (non-hydrogen) atoms. The topological polar surface area (TPSA) is 119 Å². The van der Waals surface area contributed by atoms with E-state index < -0.39 is 4.92 Å². The van der Waals surface area contributed by atoms with E-state index in [1.807, 2.05) is 41.3 Å². The lowest BCUT2D eigenvalue weighted by Crippen LogP contribution is -2.35. The molecule has 0 atom stereocenters. The van der Waals surface area contributed by atoms with Gasteiger partial charge in [0.15, 0.2) is 0 Å². The highest BCUT2D eigenvalue weighted by Gasteiger charge is 2.30. The van der Waals surface area contributed by atoms with Crippen LogP contribution in [0.2, 0.25) is 0 Å². The van der Waals surface area contributed by atoms with Gasteiger partial charge in [0.1, 0.15) is 5.75 Å². The molecule has 1 aliphatic heterocycles. The lowest BCUT2D eigenvalue weighted by Gasteiger charge is -2.32. The van der Waals surface area contributed by atoms with Crippen LogP contribution < -0.4 is 20.7 Å². The van der Waals surface area contributed by atoms with Crippen molar-refractivity contribution in [2.75, 3.05) is 36.1 Å². The highest BCUT2D eigenvalue weighted by Crippen LogP contribution is 2.35. The van der Waals surface area contributed by atoms with Crippen LogP contribution in [0, 0.1) is 16.0 Å². The SMILES string of the molecule is COc1cccc(Nc2nc(N)c([N+](=O)[O-])c(N3CCC(Cc4ccccc4)CC3)n2)c1. The van der Waals surface area contributed by atoms with Crippen molar-refractivity contribution in [3.05, 3.63) is 70.3 Å². The second-order valence-electron chi connectivity index (χ2n) is 7.84. The van der Waals surface area contributed by atoms with Gasteiger partial charge < -0.3 is 20.7 Å². The number of anilines is 4. The molecular weight excluding hydrogens is 408 g/mol. The number of nitrogens with zero attached hydrogens (tertiary/aromatic N) is 4. The predicted molar refractivity (Wildman–Crippen MR) is 124 cm³/mol. The Labute approximate surface area is 186 Å². The Hall–Kier alpha value is -3.88. The van der Waals surface area contributed by atoms with Gasteiger partial charge in [-0.05, 0) is 42.9 Å². The van der Waals surface area contributed by atoms with Crippen molar-refractivity contribution in [3.8, 4) is 5.75 Å². The minimum Gasteiger partial charge on any atom is -0.497 e. The first-order chi connectivity index (χ1) is 15.5. The first-order valence-electron chi connectivity index (χ1n) is 10.6. The average molecular weight is 435 g/mol. The zero-order valence-corrected chi connectivity index (χ0v) is 17.9. The number of hydrogen-bond donors (Lipinski definition) is 2. The van der Waals surface area contributed by atoms with Crippen molar-refractivity contribution < 1.29 is 9.66 Å². The molecule has 1 aromatic heterocycles. The molecule has 0 unspecified atom stereocenters. The van der Waals surface area contributed by atoms with Gasteiger partial charge in [-0.3, -0.25) is 10.1 Å². The summed E-state index contributed by atoms with van der Waals surface area (Å²) >= 11 is 0. The molecule has 0 aliphatic carbocycles. The standard InChI is InChI=1S/C23H26N6O3/c1-32-19-9-5-8-18(15-19)25-23-26-21(24)20(29(30)31)22(27-23)28-12-10-17(11-13-28)14-16-6-3-2-4-7-16/h2-9,15,17H,10-14H2,1H3,(H3,24,25,26,27). The Balaban J connectivity index is 1.53. The van der Waals surface area contributed by atoms with Gasteiger partial charge in [0.2, 0.25) is 17.6 Å². The third-order valence-electron chi connectivity index (χ3n) is 5.68. The van der Waals surface area contributed by atoms with E-state index in [-0.39, 0.29) is 23.3 Å². The Morgan fingerprint density at radius 1 is 1.16 bits per heavy atom. The summed E-state index contributed by atoms with van der Waals surface area (Å²) in [5.41, 5.74) is 7.75. The molecule has 1 saturated heterocycles. The lowest BCUT2D eigenvalue weighted by atomic mass is 9.90. The molecule has 166 valence electrons. The number of methoxy groups -OCH3 is 1. The second-order valence-corrected chi connectivity index (χ2v) is 7.84. The van der Waals surface area contributed by atoms with Crippen LogP contribution in [-0.4, -0.2) is 35.1 Å². The summed E-state index contributed by atoms with van der Waals surface area (Å²) in [6.07, 6.45) is 2.86. The maximum absolute atomic E-state index is 11.7. The number of nitro groups is 1. The highest BCUT2D eigenvalue weighted by molar-refractivity contribution is 5.72. The maximum atomic E-state index is 11.7. The van der Waals surface area contributed by atoms with Crippen LogP contribution in [0.25, 0.3) is 0 Å². The summed E-state index contributed by atoms with van der Waals surface area (Å²) in [4.78, 5) is 21.8. The molecule has 0 bridgehead atoms. The van der Waals surface area contributed by atoms with E-state index in [2.05, 4.69) is 27.4 Å². The Bertz CT molecular complexity index is 1080. The van der Waals surface area contributed by atoms with Gasteiger partial charge in [0.05, 0.1) is 12.0 Å². The van der Waals surface area contributed by atoms with Crippen LogP contribution in [0.3, 0.4) is 0 Å². The molecular formula is C23H26N6O3. The number of aromatic nitrogens is 2. The minimum atomic E-state index is -0.504. The minimum absolute atomic E-state index is 0.156. The number of benzene rings is 2. The molecule has 2 aromatic carbocycles. The zero-order valence-electron chi connectivity index (χ0n) is 17.9. The summed E-state index contributed by atoms with van der Waals surface area (Å²) in [6.45, 7) is 1.35. The summed E-state index contributed by atoms with van der Waals surface area (Å²) in [6, 6.07) is 17.7. The molecule has 3 N–H and O–H groups in total. The molecule has 1 fully saturated rings. The molecule has 4 rings (SSSR count). The number of ether oxygens (including phenoxy) is 1. The molecule has 3 aromatic rings. The first kappa shape index (κ1) is 21.4. The van der Waals surface area contributed by atoms with Gasteiger partial charge in [-0.2, -0.15) is 9.97 Å². The number of nitrogens with one attached hydrogen (secondary N) is 1. The fourth-order valence-corrected chi connectivity index (χ4v) is 4.04. The number of nitrogen functional groups attached to an aromatic ring is 1. The fraction of sp³-hybridized carbons (Fsp3) is 0.304. The van der Waals surface area contributed by atoms with E-state index in [1.54, 1.807) is 13.2 Å². The number of rotatable bonds is 7. The summed E-state index contributed by atoms with van der Waals surface area (Å²) in [7, 11) is 1.58. The number of nitrogens with two attached hydrogens (primary N) is 1. The van der Waals surface area contributed by atoms with Gasteiger partial charge >= 0.3 is 5.69 Å². The smallest absolute Gasteiger partial charge is 0.353 e. The molecule has 0 amide bonds. The van der Waals surface area contributed by atoms with Crippen LogP contribution in [0.15, 0.2) is 54.6 Å². The Morgan fingerprint density at radius 2 is 1.91 bits per heavy atom. The second kappa shape index (κ2) is 9.51. The van der Waals surface area contributed by atoms with E-state index in [0.29, 0.717) is 30.4 Å². The zero-order chi connectivity index (χ0) is 22.5. The predicted octanol–water partition coefficient (Wildman–Crippen LogP) is 4.18. The van der Waals surface area contributed by atoms with E-state index in [1.165, 1.54) is 5.56 Å². The normalized spacial score (nSPS) is 14.2. The third-order valence-corrected chi connectivity index (χ3v) is 5.68. The number of piperidine rings is 1. The van der Waals surface area contributed by atoms with Gasteiger partial charge in [0, 0.05) is 24.8 Å². The molecule has 9 nitrogen and oxygen atoms in total. The van der Waals surface area contributed by atoms with Gasteiger partial charge in [-0.25, -0.2) is 0 Å². The Morgan fingerprint density at radius 3 is 2.59 bits per heavy atom. The fourth-order valence-electron chi connectivity index (χ4n) is 4.04. The summed E-state index contributed by atoms with van der Waals surface area (Å²) < 4.78 is 5.24. The van der Waals surface area contributed by atoms with Crippen molar-refractivity contribution in [1.82, 2.24) is 9.97 Å². The van der Waals surface area contributed by atoms with Gasteiger partial charge in [-0.1, -0.05) is 36.4 Å². The van der Waals surface area contributed by atoms with Crippen molar-refractivity contribution in [2.24, 2.45) is 5.92 Å². The van der Waals surface area contributed by atoms with Crippen LogP contribution in [0.1, 0.15) is 18.4 Å². The molecule has 0 spiro atoms. The molecule has 9 heteroatoms. The maximum Gasteiger partial charge on any atom is 0.353 e.